The summed E-state index contributed by atoms with van der Waals surface area (Å²) in [6, 6.07) is 21.8. The molecule has 0 aromatic heterocycles. The van der Waals surface area contributed by atoms with Gasteiger partial charge in [-0.15, -0.1) is 0 Å². The Bertz CT molecular complexity index is 827. The maximum atomic E-state index is 12.0. The molecule has 118 valence electrons. The van der Waals surface area contributed by atoms with E-state index in [9.17, 15) is 9.59 Å². The third-order valence-corrected chi connectivity index (χ3v) is 3.86. The van der Waals surface area contributed by atoms with Gasteiger partial charge in [0.05, 0.1) is 0 Å². The van der Waals surface area contributed by atoms with Crippen molar-refractivity contribution in [3.63, 3.8) is 0 Å². The normalized spacial score (nSPS) is 10.3. The van der Waals surface area contributed by atoms with Crippen molar-refractivity contribution in [2.75, 3.05) is 0 Å². The quantitative estimate of drug-likeness (QED) is 0.774. The molecule has 0 heterocycles. The first-order chi connectivity index (χ1) is 11.6. The lowest BCUT2D eigenvalue weighted by Crippen LogP contribution is -2.17. The number of carbonyl (C=O) groups is 2. The molecule has 0 saturated heterocycles. The highest BCUT2D eigenvalue weighted by Gasteiger charge is 2.21. The molecule has 0 aliphatic carbocycles. The summed E-state index contributed by atoms with van der Waals surface area (Å²) in [5.41, 5.74) is 14.7. The molecule has 2 amide bonds. The molecular formula is C20H16N2O2. The average molecular weight is 316 g/mol. The third-order valence-electron chi connectivity index (χ3n) is 3.86. The first kappa shape index (κ1) is 15.5. The molecule has 4 nitrogen and oxygen atoms in total. The third kappa shape index (κ3) is 2.77. The van der Waals surface area contributed by atoms with Gasteiger partial charge in [-0.05, 0) is 23.3 Å². The fourth-order valence-electron chi connectivity index (χ4n) is 2.82. The van der Waals surface area contributed by atoms with E-state index >= 15 is 0 Å². The predicted molar refractivity (Wildman–Crippen MR) is 94.3 cm³/mol. The van der Waals surface area contributed by atoms with Gasteiger partial charge in [-0.1, -0.05) is 60.7 Å². The van der Waals surface area contributed by atoms with E-state index in [0.717, 1.165) is 11.1 Å². The monoisotopic (exact) mass is 316 g/mol. The maximum Gasteiger partial charge on any atom is 0.249 e. The Kier molecular flexibility index (Phi) is 4.12. The van der Waals surface area contributed by atoms with Crippen LogP contribution in [0.15, 0.2) is 72.8 Å². The standard InChI is InChI=1S/C20H16N2O2/c21-19(23)15-11-12-16(20(22)24)18(14-9-5-2-6-10-14)17(15)13-7-3-1-4-8-13/h1-12H,(H2,21,23)(H2,22,24). The molecule has 0 spiro atoms. The highest BCUT2D eigenvalue weighted by Crippen LogP contribution is 2.37. The van der Waals surface area contributed by atoms with Crippen molar-refractivity contribution in [1.82, 2.24) is 0 Å². The van der Waals surface area contributed by atoms with E-state index in [0.29, 0.717) is 22.3 Å². The van der Waals surface area contributed by atoms with Gasteiger partial charge < -0.3 is 11.5 Å². The predicted octanol–water partition coefficient (Wildman–Crippen LogP) is 3.22. The number of primary amides is 2. The van der Waals surface area contributed by atoms with E-state index in [4.69, 9.17) is 11.5 Å². The highest BCUT2D eigenvalue weighted by molar-refractivity contribution is 6.10. The Hall–Kier alpha value is -3.40. The van der Waals surface area contributed by atoms with Crippen LogP contribution in [0.1, 0.15) is 20.7 Å². The van der Waals surface area contributed by atoms with Crippen LogP contribution in [-0.4, -0.2) is 11.8 Å². The van der Waals surface area contributed by atoms with Crippen LogP contribution in [0.2, 0.25) is 0 Å². The summed E-state index contributed by atoms with van der Waals surface area (Å²) in [6.07, 6.45) is 0. The van der Waals surface area contributed by atoms with Crippen molar-refractivity contribution in [2.45, 2.75) is 0 Å². The fraction of sp³-hybridized carbons (Fsp3) is 0. The summed E-state index contributed by atoms with van der Waals surface area (Å²) < 4.78 is 0. The van der Waals surface area contributed by atoms with Gasteiger partial charge in [0.1, 0.15) is 0 Å². The van der Waals surface area contributed by atoms with Gasteiger partial charge in [0.2, 0.25) is 11.8 Å². The van der Waals surface area contributed by atoms with E-state index in [1.165, 1.54) is 0 Å². The number of hydrogen-bond acceptors (Lipinski definition) is 2. The van der Waals surface area contributed by atoms with E-state index < -0.39 is 11.8 Å². The number of benzene rings is 3. The number of rotatable bonds is 4. The summed E-state index contributed by atoms with van der Waals surface area (Å²) in [5.74, 6) is -1.11. The van der Waals surface area contributed by atoms with Crippen LogP contribution < -0.4 is 11.5 Å². The molecule has 0 unspecified atom stereocenters. The Balaban J connectivity index is 2.45. The van der Waals surface area contributed by atoms with Crippen LogP contribution in [0.5, 0.6) is 0 Å². The van der Waals surface area contributed by atoms with Gasteiger partial charge in [0, 0.05) is 22.3 Å². The summed E-state index contributed by atoms with van der Waals surface area (Å²) in [5, 5.41) is 0. The van der Waals surface area contributed by atoms with Gasteiger partial charge in [-0.2, -0.15) is 0 Å². The minimum Gasteiger partial charge on any atom is -0.366 e. The van der Waals surface area contributed by atoms with Crippen molar-refractivity contribution in [1.29, 1.82) is 0 Å². The number of nitrogens with two attached hydrogens (primary N) is 2. The molecule has 0 fully saturated rings. The highest BCUT2D eigenvalue weighted by atomic mass is 16.1. The van der Waals surface area contributed by atoms with Crippen molar-refractivity contribution >= 4 is 11.8 Å². The molecule has 3 aromatic carbocycles. The average Bonchev–Trinajstić information content (AvgIpc) is 2.61. The Morgan fingerprint density at radius 3 is 1.17 bits per heavy atom. The molecular weight excluding hydrogens is 300 g/mol. The second kappa shape index (κ2) is 6.38. The Morgan fingerprint density at radius 1 is 0.542 bits per heavy atom. The Labute approximate surface area is 139 Å². The molecule has 3 aromatic rings. The lowest BCUT2D eigenvalue weighted by molar-refractivity contribution is 0.0989. The zero-order valence-electron chi connectivity index (χ0n) is 12.9. The van der Waals surface area contributed by atoms with Crippen molar-refractivity contribution < 1.29 is 9.59 Å². The number of hydrogen-bond donors (Lipinski definition) is 2. The summed E-state index contributed by atoms with van der Waals surface area (Å²) in [4.78, 5) is 23.9. The second-order valence-corrected chi connectivity index (χ2v) is 5.37. The van der Waals surface area contributed by atoms with Gasteiger partial charge in [-0.3, -0.25) is 9.59 Å². The molecule has 0 saturated carbocycles. The molecule has 3 rings (SSSR count). The number of amides is 2. The lowest BCUT2D eigenvalue weighted by atomic mass is 9.86. The van der Waals surface area contributed by atoms with Crippen LogP contribution in [0.4, 0.5) is 0 Å². The van der Waals surface area contributed by atoms with E-state index in [-0.39, 0.29) is 0 Å². The minimum atomic E-state index is -0.554. The summed E-state index contributed by atoms with van der Waals surface area (Å²) >= 11 is 0. The molecule has 0 radical (unpaired) electrons. The zero-order valence-corrected chi connectivity index (χ0v) is 12.9. The molecule has 0 aliphatic heterocycles. The molecule has 24 heavy (non-hydrogen) atoms. The van der Waals surface area contributed by atoms with Gasteiger partial charge >= 0.3 is 0 Å². The van der Waals surface area contributed by atoms with Crippen molar-refractivity contribution in [2.24, 2.45) is 11.5 Å². The van der Waals surface area contributed by atoms with Gasteiger partial charge in [0.25, 0.3) is 0 Å². The Morgan fingerprint density at radius 2 is 0.875 bits per heavy atom. The van der Waals surface area contributed by atoms with Gasteiger partial charge in [0.15, 0.2) is 0 Å². The van der Waals surface area contributed by atoms with Crippen LogP contribution in [0, 0.1) is 0 Å². The smallest absolute Gasteiger partial charge is 0.249 e. The largest absolute Gasteiger partial charge is 0.366 e. The SMILES string of the molecule is NC(=O)c1ccc(C(N)=O)c(-c2ccccc2)c1-c1ccccc1. The summed E-state index contributed by atoms with van der Waals surface area (Å²) in [7, 11) is 0. The van der Waals surface area contributed by atoms with Crippen LogP contribution >= 0.6 is 0 Å². The van der Waals surface area contributed by atoms with Crippen LogP contribution in [0.3, 0.4) is 0 Å². The first-order valence-corrected chi connectivity index (χ1v) is 7.47. The second-order valence-electron chi connectivity index (χ2n) is 5.37. The maximum absolute atomic E-state index is 12.0. The topological polar surface area (TPSA) is 86.2 Å². The first-order valence-electron chi connectivity index (χ1n) is 7.47. The van der Waals surface area contributed by atoms with Crippen LogP contribution in [-0.2, 0) is 0 Å². The number of carbonyl (C=O) groups excluding carboxylic acids is 2. The molecule has 4 heteroatoms. The minimum absolute atomic E-state index is 0.352. The summed E-state index contributed by atoms with van der Waals surface area (Å²) in [6.45, 7) is 0. The van der Waals surface area contributed by atoms with E-state index in [1.54, 1.807) is 12.1 Å². The fourth-order valence-corrected chi connectivity index (χ4v) is 2.82. The molecule has 4 N–H and O–H groups in total. The van der Waals surface area contributed by atoms with Crippen molar-refractivity contribution in [3.05, 3.63) is 83.9 Å². The van der Waals surface area contributed by atoms with Crippen LogP contribution in [0.25, 0.3) is 22.3 Å². The lowest BCUT2D eigenvalue weighted by Gasteiger charge is -2.17. The van der Waals surface area contributed by atoms with Crippen molar-refractivity contribution in [3.8, 4) is 22.3 Å². The molecule has 0 bridgehead atoms. The molecule has 0 atom stereocenters. The van der Waals surface area contributed by atoms with E-state index in [1.807, 2.05) is 60.7 Å². The molecule has 0 aliphatic rings. The zero-order chi connectivity index (χ0) is 17.1. The van der Waals surface area contributed by atoms with Gasteiger partial charge in [-0.25, -0.2) is 0 Å². The van der Waals surface area contributed by atoms with E-state index in [2.05, 4.69) is 0 Å².